The Balaban J connectivity index is 1.98. The number of aliphatic hydroxyl groups excluding tert-OH is 1. The number of amides is 1. The molecular formula is C19H25N3O5S. The smallest absolute Gasteiger partial charge is 0.251 e. The average Bonchev–Trinajstić information content (AvgIpc) is 2.68. The zero-order valence-corrected chi connectivity index (χ0v) is 16.7. The highest BCUT2D eigenvalue weighted by Gasteiger charge is 2.21. The van der Waals surface area contributed by atoms with E-state index in [9.17, 15) is 23.1 Å². The van der Waals surface area contributed by atoms with E-state index in [0.29, 0.717) is 13.1 Å². The van der Waals surface area contributed by atoms with E-state index >= 15 is 0 Å². The molecule has 9 heteroatoms. The van der Waals surface area contributed by atoms with Crippen molar-refractivity contribution < 1.29 is 18.3 Å². The number of pyridine rings is 1. The topological polar surface area (TPSA) is 109 Å². The normalized spacial score (nSPS) is 12.7. The SMILES string of the molecule is CCN(CC)S(=O)(=O)c1ccc(C(=O)NCC(O)Cn2ccccc2=O)cc1. The molecule has 0 fully saturated rings. The molecule has 1 aromatic carbocycles. The molecule has 0 saturated carbocycles. The molecule has 0 aliphatic heterocycles. The highest BCUT2D eigenvalue weighted by Crippen LogP contribution is 2.16. The average molecular weight is 407 g/mol. The number of sulfonamides is 1. The van der Waals surface area contributed by atoms with Crippen LogP contribution in [-0.2, 0) is 16.6 Å². The van der Waals surface area contributed by atoms with Crippen LogP contribution < -0.4 is 10.9 Å². The molecule has 0 spiro atoms. The molecule has 0 bridgehead atoms. The molecular weight excluding hydrogens is 382 g/mol. The van der Waals surface area contributed by atoms with Crippen LogP contribution in [0.2, 0.25) is 0 Å². The molecule has 2 aromatic rings. The first-order valence-corrected chi connectivity index (χ1v) is 10.5. The van der Waals surface area contributed by atoms with Crippen molar-refractivity contribution >= 4 is 15.9 Å². The molecule has 1 heterocycles. The summed E-state index contributed by atoms with van der Waals surface area (Å²) in [5, 5.41) is 12.6. The monoisotopic (exact) mass is 407 g/mol. The van der Waals surface area contributed by atoms with Gasteiger partial charge in [0.05, 0.1) is 17.5 Å². The maximum Gasteiger partial charge on any atom is 0.251 e. The summed E-state index contributed by atoms with van der Waals surface area (Å²) in [7, 11) is -3.58. The van der Waals surface area contributed by atoms with Crippen LogP contribution >= 0.6 is 0 Å². The lowest BCUT2D eigenvalue weighted by atomic mass is 10.2. The van der Waals surface area contributed by atoms with E-state index in [1.807, 2.05) is 0 Å². The van der Waals surface area contributed by atoms with E-state index in [1.165, 1.54) is 39.2 Å². The van der Waals surface area contributed by atoms with Crippen LogP contribution in [0, 0.1) is 0 Å². The number of nitrogens with zero attached hydrogens (tertiary/aromatic N) is 2. The van der Waals surface area contributed by atoms with Crippen molar-refractivity contribution in [1.82, 2.24) is 14.2 Å². The van der Waals surface area contributed by atoms with E-state index in [0.717, 1.165) is 0 Å². The maximum atomic E-state index is 12.5. The largest absolute Gasteiger partial charge is 0.389 e. The fourth-order valence-corrected chi connectivity index (χ4v) is 4.16. The summed E-state index contributed by atoms with van der Waals surface area (Å²) in [5.41, 5.74) is 0.0421. The van der Waals surface area contributed by atoms with Gasteiger partial charge >= 0.3 is 0 Å². The minimum atomic E-state index is -3.58. The van der Waals surface area contributed by atoms with Crippen molar-refractivity contribution in [3.05, 3.63) is 64.6 Å². The van der Waals surface area contributed by atoms with E-state index < -0.39 is 22.0 Å². The summed E-state index contributed by atoms with van der Waals surface area (Å²) in [6.45, 7) is 4.27. The van der Waals surface area contributed by atoms with Crippen LogP contribution in [0.1, 0.15) is 24.2 Å². The summed E-state index contributed by atoms with van der Waals surface area (Å²) in [5.74, 6) is -0.439. The molecule has 152 valence electrons. The first-order valence-electron chi connectivity index (χ1n) is 9.01. The number of carbonyl (C=O) groups is 1. The lowest BCUT2D eigenvalue weighted by molar-refractivity contribution is 0.0903. The predicted octanol–water partition coefficient (Wildman–Crippen LogP) is 0.670. The van der Waals surface area contributed by atoms with Gasteiger partial charge in [0.15, 0.2) is 0 Å². The lowest BCUT2D eigenvalue weighted by Gasteiger charge is -2.18. The number of benzene rings is 1. The Morgan fingerprint density at radius 3 is 2.36 bits per heavy atom. The second-order valence-electron chi connectivity index (χ2n) is 6.17. The Labute approximate surface area is 164 Å². The number of aliphatic hydroxyl groups is 1. The molecule has 8 nitrogen and oxygen atoms in total. The Morgan fingerprint density at radius 1 is 1.14 bits per heavy atom. The van der Waals surface area contributed by atoms with Crippen LogP contribution in [0.25, 0.3) is 0 Å². The van der Waals surface area contributed by atoms with Gasteiger partial charge in [-0.3, -0.25) is 9.59 Å². The highest BCUT2D eigenvalue weighted by molar-refractivity contribution is 7.89. The highest BCUT2D eigenvalue weighted by atomic mass is 32.2. The Bertz CT molecular complexity index is 950. The Kier molecular flexibility index (Phi) is 7.50. The van der Waals surface area contributed by atoms with Gasteiger partial charge in [0, 0.05) is 37.5 Å². The van der Waals surface area contributed by atoms with Crippen LogP contribution in [0.5, 0.6) is 0 Å². The maximum absolute atomic E-state index is 12.5. The van der Waals surface area contributed by atoms with E-state index in [-0.39, 0.29) is 29.1 Å². The first-order chi connectivity index (χ1) is 13.3. The number of rotatable bonds is 9. The fourth-order valence-electron chi connectivity index (χ4n) is 2.71. The molecule has 1 amide bonds. The minimum Gasteiger partial charge on any atom is -0.389 e. The first kappa shape index (κ1) is 21.8. The molecule has 1 atom stereocenters. The van der Waals surface area contributed by atoms with Gasteiger partial charge in [0.2, 0.25) is 10.0 Å². The van der Waals surface area contributed by atoms with Crippen molar-refractivity contribution in [3.63, 3.8) is 0 Å². The Morgan fingerprint density at radius 2 is 1.79 bits per heavy atom. The second kappa shape index (κ2) is 9.63. The minimum absolute atomic E-state index is 0.0420. The van der Waals surface area contributed by atoms with Gasteiger partial charge in [0.25, 0.3) is 11.5 Å². The van der Waals surface area contributed by atoms with Crippen LogP contribution in [0.3, 0.4) is 0 Å². The van der Waals surface area contributed by atoms with Crippen LogP contribution in [0.15, 0.2) is 58.4 Å². The van der Waals surface area contributed by atoms with Crippen molar-refractivity contribution in [2.45, 2.75) is 31.4 Å². The van der Waals surface area contributed by atoms with Crippen molar-refractivity contribution in [2.24, 2.45) is 0 Å². The number of hydrogen-bond donors (Lipinski definition) is 2. The van der Waals surface area contributed by atoms with E-state index in [2.05, 4.69) is 5.32 Å². The molecule has 2 rings (SSSR count). The van der Waals surface area contributed by atoms with Gasteiger partial charge < -0.3 is 15.0 Å². The number of nitrogens with one attached hydrogen (secondary N) is 1. The van der Waals surface area contributed by atoms with Gasteiger partial charge in [-0.05, 0) is 30.3 Å². The molecule has 0 aliphatic rings. The summed E-state index contributed by atoms with van der Waals surface area (Å²) in [6.07, 6.45) is 0.619. The van der Waals surface area contributed by atoms with Gasteiger partial charge in [-0.25, -0.2) is 8.42 Å². The standard InChI is InChI=1S/C19H25N3O5S/c1-3-22(4-2)28(26,27)17-10-8-15(9-11-17)19(25)20-13-16(23)14-21-12-6-5-7-18(21)24/h5-12,16,23H,3-4,13-14H2,1-2H3,(H,20,25). The zero-order chi connectivity index (χ0) is 20.7. The number of carbonyl (C=O) groups excluding carboxylic acids is 1. The summed E-state index contributed by atoms with van der Waals surface area (Å²) >= 11 is 0. The number of aromatic nitrogens is 1. The zero-order valence-electron chi connectivity index (χ0n) is 15.9. The third-order valence-electron chi connectivity index (χ3n) is 4.26. The van der Waals surface area contributed by atoms with Crippen molar-refractivity contribution in [2.75, 3.05) is 19.6 Å². The van der Waals surface area contributed by atoms with Gasteiger partial charge in [0.1, 0.15) is 0 Å². The van der Waals surface area contributed by atoms with Crippen LogP contribution in [-0.4, -0.2) is 54.0 Å². The quantitative estimate of drug-likeness (QED) is 0.635. The summed E-state index contributed by atoms with van der Waals surface area (Å²) in [4.78, 5) is 24.0. The van der Waals surface area contributed by atoms with Crippen LogP contribution in [0.4, 0.5) is 0 Å². The third-order valence-corrected chi connectivity index (χ3v) is 6.33. The Hall–Kier alpha value is -2.49. The molecule has 0 radical (unpaired) electrons. The summed E-state index contributed by atoms with van der Waals surface area (Å²) in [6, 6.07) is 10.3. The molecule has 0 aliphatic carbocycles. The van der Waals surface area contributed by atoms with Crippen molar-refractivity contribution in [3.8, 4) is 0 Å². The lowest BCUT2D eigenvalue weighted by Crippen LogP contribution is -2.36. The van der Waals surface area contributed by atoms with Gasteiger partial charge in [-0.1, -0.05) is 19.9 Å². The third kappa shape index (κ3) is 5.28. The fraction of sp³-hybridized carbons (Fsp3) is 0.368. The second-order valence-corrected chi connectivity index (χ2v) is 8.11. The molecule has 1 aromatic heterocycles. The number of hydrogen-bond acceptors (Lipinski definition) is 5. The van der Waals surface area contributed by atoms with E-state index in [1.54, 1.807) is 32.2 Å². The van der Waals surface area contributed by atoms with Gasteiger partial charge in [-0.2, -0.15) is 4.31 Å². The molecule has 2 N–H and O–H groups in total. The molecule has 0 saturated heterocycles. The predicted molar refractivity (Wildman–Crippen MR) is 106 cm³/mol. The summed E-state index contributed by atoms with van der Waals surface area (Å²) < 4.78 is 27.6. The van der Waals surface area contributed by atoms with Crippen molar-refractivity contribution in [1.29, 1.82) is 0 Å². The molecule has 1 unspecified atom stereocenters. The molecule has 28 heavy (non-hydrogen) atoms. The van der Waals surface area contributed by atoms with Gasteiger partial charge in [-0.15, -0.1) is 0 Å². The van der Waals surface area contributed by atoms with E-state index in [4.69, 9.17) is 0 Å².